The molecule has 0 bridgehead atoms. The van der Waals surface area contributed by atoms with Gasteiger partial charge in [-0.3, -0.25) is 18.2 Å². The first kappa shape index (κ1) is 47.1. The summed E-state index contributed by atoms with van der Waals surface area (Å²) in [6.07, 6.45) is -20.5. The highest BCUT2D eigenvalue weighted by Gasteiger charge is 2.54. The number of aliphatic hydroxyl groups is 8. The topological polar surface area (TPSA) is 497 Å². The van der Waals surface area contributed by atoms with Crippen molar-refractivity contribution < 1.29 is 104 Å². The lowest BCUT2D eigenvalue weighted by molar-refractivity contribution is -0.310. The van der Waals surface area contributed by atoms with Crippen LogP contribution in [0.5, 0.6) is 0 Å². The zero-order valence-corrected chi connectivity index (χ0v) is 28.6. The number of nitrogens with two attached hydrogens (primary N) is 5. The van der Waals surface area contributed by atoms with Gasteiger partial charge >= 0.3 is 20.8 Å². The van der Waals surface area contributed by atoms with Crippen molar-refractivity contribution in [2.75, 3.05) is 19.8 Å². The molecule has 0 unspecified atom stereocenters. The van der Waals surface area contributed by atoms with E-state index in [1.807, 2.05) is 0 Å². The largest absolute Gasteiger partial charge is 0.394 e. The molecule has 1 saturated carbocycles. The van der Waals surface area contributed by atoms with Gasteiger partial charge in [-0.1, -0.05) is 0 Å². The fourth-order valence-corrected chi connectivity index (χ4v) is 5.70. The molecule has 3 saturated heterocycles. The van der Waals surface area contributed by atoms with Gasteiger partial charge in [0.25, 0.3) is 0 Å². The monoisotopic (exact) mass is 811 g/mol. The highest BCUT2D eigenvalue weighted by atomic mass is 32.3. The maximum absolute atomic E-state index is 11.1. The third-order valence-electron chi connectivity index (χ3n) is 8.32. The summed E-state index contributed by atoms with van der Waals surface area (Å²) in [6, 6.07) is -4.30. The van der Waals surface area contributed by atoms with Crippen LogP contribution < -0.4 is 28.7 Å². The quantitative estimate of drug-likeness (QED) is 0.0961. The average molecular weight is 812 g/mol. The second kappa shape index (κ2) is 19.7. The molecule has 29 heteroatoms. The van der Waals surface area contributed by atoms with Crippen molar-refractivity contribution in [3.63, 3.8) is 0 Å². The molecule has 0 radical (unpaired) electrons. The molecule has 3 aliphatic heterocycles. The van der Waals surface area contributed by atoms with Crippen LogP contribution >= 0.6 is 0 Å². The molecule has 4 fully saturated rings. The Morgan fingerprint density at radius 2 is 0.904 bits per heavy atom. The molecular formula is C23H49N5O22S2. The minimum atomic E-state index is -4.67. The van der Waals surface area contributed by atoms with Crippen molar-refractivity contribution >= 4 is 20.8 Å². The predicted octanol–water partition coefficient (Wildman–Crippen LogP) is -10.2. The van der Waals surface area contributed by atoms with Gasteiger partial charge in [0.1, 0.15) is 67.1 Å². The van der Waals surface area contributed by atoms with E-state index in [2.05, 4.69) is 0 Å². The van der Waals surface area contributed by atoms with Gasteiger partial charge < -0.3 is 97.9 Å². The van der Waals surface area contributed by atoms with E-state index in [0.29, 0.717) is 0 Å². The summed E-state index contributed by atoms with van der Waals surface area (Å²) in [5, 5.41) is 82.3. The van der Waals surface area contributed by atoms with Gasteiger partial charge in [0.15, 0.2) is 18.9 Å². The zero-order valence-electron chi connectivity index (χ0n) is 27.0. The molecule has 1 aliphatic carbocycles. The molecule has 0 aromatic rings. The van der Waals surface area contributed by atoms with E-state index < -0.39 is 150 Å². The summed E-state index contributed by atoms with van der Waals surface area (Å²) in [5.74, 6) is 0. The van der Waals surface area contributed by atoms with E-state index in [1.165, 1.54) is 0 Å². The summed E-state index contributed by atoms with van der Waals surface area (Å²) < 4.78 is 97.6. The van der Waals surface area contributed by atoms with E-state index in [0.717, 1.165) is 0 Å². The van der Waals surface area contributed by atoms with Gasteiger partial charge in [-0.15, -0.1) is 0 Å². The Balaban J connectivity index is 0.000000825. The van der Waals surface area contributed by atoms with Crippen LogP contribution in [-0.4, -0.2) is 212 Å². The first-order valence-electron chi connectivity index (χ1n) is 15.2. The van der Waals surface area contributed by atoms with Crippen molar-refractivity contribution in [3.05, 3.63) is 0 Å². The third kappa shape index (κ3) is 13.0. The SMILES string of the molecule is NC[C@@H]1O[C@H](O[C@H]2[C@@H](O)[C@H](O[C@@H]3[C@@H](O)[C@H](N)C[C@H](N)[C@H]3O[C@H]3O[C@H](CO)[C@@H](O)[C@H](O)[C@H]3N)O[C@@H]2CO)[C@H](N)[C@@H](O)[C@@H]1O.O=S(=O)(O)O.O=S(=O)(O)O. The molecule has 0 aromatic heterocycles. The van der Waals surface area contributed by atoms with Crippen LogP contribution in [0.2, 0.25) is 0 Å². The fourth-order valence-electron chi connectivity index (χ4n) is 5.70. The molecular weight excluding hydrogens is 762 g/mol. The molecule has 0 amide bonds. The lowest BCUT2D eigenvalue weighted by atomic mass is 9.84. The molecule has 0 spiro atoms. The van der Waals surface area contributed by atoms with Crippen LogP contribution in [0.1, 0.15) is 6.42 Å². The Kier molecular flexibility index (Phi) is 17.9. The molecule has 4 rings (SSSR count). The molecule has 0 aromatic carbocycles. The maximum atomic E-state index is 11.1. The van der Waals surface area contributed by atoms with Gasteiger partial charge in [-0.2, -0.15) is 16.8 Å². The van der Waals surface area contributed by atoms with Gasteiger partial charge in [0.2, 0.25) is 0 Å². The van der Waals surface area contributed by atoms with E-state index in [-0.39, 0.29) is 13.0 Å². The van der Waals surface area contributed by atoms with E-state index in [9.17, 15) is 40.9 Å². The van der Waals surface area contributed by atoms with Gasteiger partial charge in [-0.25, -0.2) is 0 Å². The van der Waals surface area contributed by atoms with Crippen molar-refractivity contribution in [1.29, 1.82) is 0 Å². The van der Waals surface area contributed by atoms with Gasteiger partial charge in [0, 0.05) is 18.6 Å². The molecule has 19 atom stereocenters. The highest BCUT2D eigenvalue weighted by molar-refractivity contribution is 7.80. The highest BCUT2D eigenvalue weighted by Crippen LogP contribution is 2.34. The second-order valence-corrected chi connectivity index (χ2v) is 13.9. The Morgan fingerprint density at radius 3 is 1.35 bits per heavy atom. The minimum absolute atomic E-state index is 0.0642. The molecule has 3 heterocycles. The summed E-state index contributed by atoms with van der Waals surface area (Å²) in [5.41, 5.74) is 29.9. The lowest BCUT2D eigenvalue weighted by Crippen LogP contribution is -2.68. The molecule has 310 valence electrons. The number of aliphatic hydroxyl groups excluding tert-OH is 8. The standard InChI is InChI=1S/C23H45N5O14.2H2O4S/c24-2-7-13(32)15(34)10(27)21(37-7)41-19-9(4-30)39-23(17(19)36)42-20-12(31)5(25)1-6(26)18(20)40-22-11(28)16(35)14(33)8(3-29)38-22;2*1-5(2,3)4/h5-23,29-36H,1-4,24-28H2;2*(H2,1,2,3,4)/t5-,6+,7+,8-,9-,10-,11-,12+,13-,14-,15-,16-,17-,18-,19-,20-,21-,22-,23+;;/m1../s1. The second-order valence-electron chi connectivity index (χ2n) is 12.1. The van der Waals surface area contributed by atoms with E-state index in [1.54, 1.807) is 0 Å². The number of hydrogen-bond acceptors (Lipinski definition) is 23. The zero-order chi connectivity index (χ0) is 40.0. The summed E-state index contributed by atoms with van der Waals surface area (Å²) >= 11 is 0. The first-order chi connectivity index (χ1) is 23.8. The fraction of sp³-hybridized carbons (Fsp3) is 1.00. The van der Waals surface area contributed by atoms with Crippen LogP contribution in [-0.2, 0) is 49.2 Å². The van der Waals surface area contributed by atoms with Crippen molar-refractivity contribution in [1.82, 2.24) is 0 Å². The van der Waals surface area contributed by atoms with Crippen LogP contribution in [0.25, 0.3) is 0 Å². The Labute approximate surface area is 296 Å². The Bertz CT molecular complexity index is 1260. The van der Waals surface area contributed by atoms with E-state index >= 15 is 0 Å². The van der Waals surface area contributed by atoms with Crippen LogP contribution in [0.4, 0.5) is 0 Å². The van der Waals surface area contributed by atoms with Crippen molar-refractivity contribution in [2.45, 2.75) is 123 Å². The Morgan fingerprint density at radius 1 is 0.519 bits per heavy atom. The van der Waals surface area contributed by atoms with Gasteiger partial charge in [0.05, 0.1) is 31.4 Å². The predicted molar refractivity (Wildman–Crippen MR) is 165 cm³/mol. The lowest BCUT2D eigenvalue weighted by Gasteiger charge is -2.47. The summed E-state index contributed by atoms with van der Waals surface area (Å²) in [6.45, 7) is -1.49. The normalized spacial score (nSPS) is 45.7. The Hall–Kier alpha value is -1.02. The third-order valence-corrected chi connectivity index (χ3v) is 8.32. The smallest absolute Gasteiger partial charge is 0.394 e. The summed E-state index contributed by atoms with van der Waals surface area (Å²) in [7, 11) is -9.33. The van der Waals surface area contributed by atoms with Crippen molar-refractivity contribution in [2.24, 2.45) is 28.7 Å². The minimum Gasteiger partial charge on any atom is -0.394 e. The average Bonchev–Trinajstić information content (AvgIpc) is 3.33. The van der Waals surface area contributed by atoms with Crippen molar-refractivity contribution in [3.8, 4) is 0 Å². The van der Waals surface area contributed by atoms with Crippen LogP contribution in [0, 0.1) is 0 Å². The molecule has 27 nitrogen and oxygen atoms in total. The van der Waals surface area contributed by atoms with Crippen LogP contribution in [0.15, 0.2) is 0 Å². The summed E-state index contributed by atoms with van der Waals surface area (Å²) in [4.78, 5) is 0. The van der Waals surface area contributed by atoms with E-state index in [4.69, 9.17) is 92.1 Å². The number of hydrogen-bond donors (Lipinski definition) is 17. The van der Waals surface area contributed by atoms with Gasteiger partial charge in [-0.05, 0) is 6.42 Å². The molecule has 4 aliphatic rings. The molecule has 52 heavy (non-hydrogen) atoms. The first-order valence-corrected chi connectivity index (χ1v) is 18.0. The number of ether oxygens (including phenoxy) is 6. The number of rotatable bonds is 9. The van der Waals surface area contributed by atoms with Crippen LogP contribution in [0.3, 0.4) is 0 Å². The maximum Gasteiger partial charge on any atom is 0.394 e. The molecule has 22 N–H and O–H groups in total.